The number of thiocarbonyl (C=S) groups is 1. The third-order valence-electron chi connectivity index (χ3n) is 3.09. The van der Waals surface area contributed by atoms with Crippen molar-refractivity contribution in [2.24, 2.45) is 5.73 Å². The Bertz CT molecular complexity index is 581. The molecule has 2 rings (SSSR count). The fraction of sp³-hybridized carbons (Fsp3) is 0.188. The van der Waals surface area contributed by atoms with E-state index in [1.807, 2.05) is 42.5 Å². The summed E-state index contributed by atoms with van der Waals surface area (Å²) in [7, 11) is 1.70. The molecule has 0 amide bonds. The summed E-state index contributed by atoms with van der Waals surface area (Å²) in [5, 5.41) is 3.37. The Balaban J connectivity index is 1.91. The number of nitrogens with two attached hydrogens (primary N) is 1. The summed E-state index contributed by atoms with van der Waals surface area (Å²) < 4.78 is 5.33. The number of anilines is 1. The molecule has 0 aromatic heterocycles. The van der Waals surface area contributed by atoms with Crippen LogP contribution in [0.15, 0.2) is 48.5 Å². The van der Waals surface area contributed by atoms with Crippen LogP contribution < -0.4 is 15.8 Å². The van der Waals surface area contributed by atoms with Crippen LogP contribution in [-0.2, 0) is 6.42 Å². The summed E-state index contributed by atoms with van der Waals surface area (Å²) in [5.74, 6) is 0.929. The van der Waals surface area contributed by atoms with Crippen molar-refractivity contribution >= 4 is 22.9 Å². The van der Waals surface area contributed by atoms with Gasteiger partial charge < -0.3 is 15.8 Å². The van der Waals surface area contributed by atoms with Crippen LogP contribution in [0.5, 0.6) is 5.75 Å². The molecule has 0 saturated heterocycles. The molecule has 2 aromatic rings. The van der Waals surface area contributed by atoms with E-state index < -0.39 is 0 Å². The Hall–Kier alpha value is -2.07. The van der Waals surface area contributed by atoms with Crippen LogP contribution in [0.1, 0.15) is 11.1 Å². The van der Waals surface area contributed by atoms with Crippen LogP contribution in [0.25, 0.3) is 0 Å². The van der Waals surface area contributed by atoms with Gasteiger partial charge in [-0.1, -0.05) is 30.4 Å². The molecule has 3 nitrogen and oxygen atoms in total. The first-order chi connectivity index (χ1) is 9.70. The number of rotatable bonds is 6. The number of hydrogen-bond donors (Lipinski definition) is 2. The van der Waals surface area contributed by atoms with Crippen molar-refractivity contribution in [1.29, 1.82) is 0 Å². The molecule has 0 aliphatic rings. The minimum Gasteiger partial charge on any atom is -0.496 e. The Labute approximate surface area is 124 Å². The van der Waals surface area contributed by atoms with Gasteiger partial charge in [-0.05, 0) is 42.3 Å². The Kier molecular flexibility index (Phi) is 4.96. The van der Waals surface area contributed by atoms with Crippen LogP contribution in [-0.4, -0.2) is 18.6 Å². The summed E-state index contributed by atoms with van der Waals surface area (Å²) in [6.07, 6.45) is 0.904. The molecule has 4 heteroatoms. The van der Waals surface area contributed by atoms with E-state index in [1.54, 1.807) is 7.11 Å². The highest BCUT2D eigenvalue weighted by Gasteiger charge is 2.01. The van der Waals surface area contributed by atoms with Gasteiger partial charge in [0, 0.05) is 17.8 Å². The van der Waals surface area contributed by atoms with Crippen molar-refractivity contribution in [3.63, 3.8) is 0 Å². The summed E-state index contributed by atoms with van der Waals surface area (Å²) in [5.41, 5.74) is 8.71. The monoisotopic (exact) mass is 286 g/mol. The van der Waals surface area contributed by atoms with Crippen molar-refractivity contribution in [3.05, 3.63) is 59.7 Å². The maximum absolute atomic E-state index is 5.57. The molecule has 0 saturated carbocycles. The van der Waals surface area contributed by atoms with Crippen LogP contribution in [0.2, 0.25) is 0 Å². The number of para-hydroxylation sites is 1. The van der Waals surface area contributed by atoms with E-state index in [2.05, 4.69) is 11.4 Å². The van der Waals surface area contributed by atoms with E-state index in [4.69, 9.17) is 22.7 Å². The first-order valence-corrected chi connectivity index (χ1v) is 6.87. The zero-order chi connectivity index (χ0) is 14.4. The second-order valence-electron chi connectivity index (χ2n) is 4.43. The zero-order valence-corrected chi connectivity index (χ0v) is 12.2. The highest BCUT2D eigenvalue weighted by Crippen LogP contribution is 2.18. The first-order valence-electron chi connectivity index (χ1n) is 6.46. The van der Waals surface area contributed by atoms with Gasteiger partial charge in [-0.25, -0.2) is 0 Å². The van der Waals surface area contributed by atoms with Gasteiger partial charge in [-0.3, -0.25) is 0 Å². The lowest BCUT2D eigenvalue weighted by molar-refractivity contribution is 0.410. The van der Waals surface area contributed by atoms with Gasteiger partial charge in [0.1, 0.15) is 10.7 Å². The molecule has 20 heavy (non-hydrogen) atoms. The average Bonchev–Trinajstić information content (AvgIpc) is 2.48. The highest BCUT2D eigenvalue weighted by molar-refractivity contribution is 7.80. The summed E-state index contributed by atoms with van der Waals surface area (Å²) in [4.78, 5) is 0.422. The van der Waals surface area contributed by atoms with Crippen LogP contribution in [0.4, 0.5) is 5.69 Å². The van der Waals surface area contributed by atoms with Gasteiger partial charge in [0.15, 0.2) is 0 Å². The van der Waals surface area contributed by atoms with E-state index in [0.717, 1.165) is 30.0 Å². The number of methoxy groups -OCH3 is 1. The van der Waals surface area contributed by atoms with Crippen molar-refractivity contribution in [3.8, 4) is 5.75 Å². The smallest absolute Gasteiger partial charge is 0.122 e. The second-order valence-corrected chi connectivity index (χ2v) is 4.87. The zero-order valence-electron chi connectivity index (χ0n) is 11.4. The molecule has 0 spiro atoms. The molecule has 0 bridgehead atoms. The predicted octanol–water partition coefficient (Wildman–Crippen LogP) is 2.98. The topological polar surface area (TPSA) is 47.3 Å². The van der Waals surface area contributed by atoms with E-state index in [9.17, 15) is 0 Å². The lowest BCUT2D eigenvalue weighted by atomic mass is 10.1. The number of benzene rings is 2. The van der Waals surface area contributed by atoms with Crippen molar-refractivity contribution in [2.75, 3.05) is 19.0 Å². The second kappa shape index (κ2) is 6.91. The lowest BCUT2D eigenvalue weighted by Gasteiger charge is -2.10. The Morgan fingerprint density at radius 2 is 1.85 bits per heavy atom. The number of nitrogens with one attached hydrogen (secondary N) is 1. The molecule has 0 aliphatic heterocycles. The molecule has 0 unspecified atom stereocenters. The van der Waals surface area contributed by atoms with E-state index in [0.29, 0.717) is 4.99 Å². The van der Waals surface area contributed by atoms with Gasteiger partial charge in [0.25, 0.3) is 0 Å². The molecule has 0 radical (unpaired) electrons. The molecule has 2 aromatic carbocycles. The van der Waals surface area contributed by atoms with E-state index in [1.165, 1.54) is 5.56 Å². The number of ether oxygens (including phenoxy) is 1. The number of hydrogen-bond acceptors (Lipinski definition) is 3. The van der Waals surface area contributed by atoms with Crippen LogP contribution in [0, 0.1) is 0 Å². The van der Waals surface area contributed by atoms with Crippen LogP contribution >= 0.6 is 12.2 Å². The van der Waals surface area contributed by atoms with Crippen molar-refractivity contribution in [2.45, 2.75) is 6.42 Å². The van der Waals surface area contributed by atoms with Crippen molar-refractivity contribution < 1.29 is 4.74 Å². The third kappa shape index (κ3) is 3.71. The Morgan fingerprint density at radius 1 is 1.15 bits per heavy atom. The Morgan fingerprint density at radius 3 is 2.50 bits per heavy atom. The summed E-state index contributed by atoms with van der Waals surface area (Å²) >= 11 is 4.93. The molecule has 104 valence electrons. The lowest BCUT2D eigenvalue weighted by Crippen LogP contribution is -2.10. The molecule has 0 atom stereocenters. The largest absolute Gasteiger partial charge is 0.496 e. The first kappa shape index (κ1) is 14.3. The molecule has 3 N–H and O–H groups in total. The van der Waals surface area contributed by atoms with Gasteiger partial charge in [0.2, 0.25) is 0 Å². The fourth-order valence-corrected chi connectivity index (χ4v) is 2.14. The standard InChI is InChI=1S/C16H18N2OS/c1-19-15-5-3-2-4-12(15)10-11-18-14-8-6-13(7-9-14)16(17)20/h2-9,18H,10-11H2,1H3,(H2,17,20). The molecule has 0 fully saturated rings. The summed E-state index contributed by atoms with van der Waals surface area (Å²) in [6.45, 7) is 0.840. The van der Waals surface area contributed by atoms with Gasteiger partial charge in [0.05, 0.1) is 7.11 Å². The average molecular weight is 286 g/mol. The molecular formula is C16H18N2OS. The normalized spacial score (nSPS) is 10.1. The SMILES string of the molecule is COc1ccccc1CCNc1ccc(C(N)=S)cc1. The maximum atomic E-state index is 5.57. The highest BCUT2D eigenvalue weighted by atomic mass is 32.1. The fourth-order valence-electron chi connectivity index (χ4n) is 2.00. The molecule has 0 heterocycles. The van der Waals surface area contributed by atoms with Crippen molar-refractivity contribution in [1.82, 2.24) is 0 Å². The summed E-state index contributed by atoms with van der Waals surface area (Å²) in [6, 6.07) is 15.9. The maximum Gasteiger partial charge on any atom is 0.122 e. The van der Waals surface area contributed by atoms with Gasteiger partial charge in [-0.2, -0.15) is 0 Å². The molecule has 0 aliphatic carbocycles. The minimum absolute atomic E-state index is 0.422. The van der Waals surface area contributed by atoms with Gasteiger partial charge >= 0.3 is 0 Å². The molecular weight excluding hydrogens is 268 g/mol. The predicted molar refractivity (Wildman–Crippen MR) is 87.5 cm³/mol. The van der Waals surface area contributed by atoms with E-state index >= 15 is 0 Å². The third-order valence-corrected chi connectivity index (χ3v) is 3.32. The van der Waals surface area contributed by atoms with Crippen LogP contribution in [0.3, 0.4) is 0 Å². The minimum atomic E-state index is 0.422. The van der Waals surface area contributed by atoms with Gasteiger partial charge in [-0.15, -0.1) is 0 Å². The van der Waals surface area contributed by atoms with E-state index in [-0.39, 0.29) is 0 Å². The quantitative estimate of drug-likeness (QED) is 0.802.